The summed E-state index contributed by atoms with van der Waals surface area (Å²) in [6.45, 7) is 4.69. The van der Waals surface area contributed by atoms with E-state index >= 15 is 0 Å². The van der Waals surface area contributed by atoms with Crippen molar-refractivity contribution < 1.29 is 0 Å². The highest BCUT2D eigenvalue weighted by molar-refractivity contribution is 6.29. The molecule has 0 aromatic carbocycles. The second-order valence-corrected chi connectivity index (χ2v) is 2.35. The molecule has 45 valence electrons. The third kappa shape index (κ3) is 1.51. The molecule has 1 radical (unpaired) electrons. The van der Waals surface area contributed by atoms with E-state index in [9.17, 15) is 0 Å². The van der Waals surface area contributed by atoms with Gasteiger partial charge in [0.2, 0.25) is 7.41 Å². The zero-order chi connectivity index (χ0) is 5.82. The van der Waals surface area contributed by atoms with Crippen molar-refractivity contribution in [3.8, 4) is 0 Å². The zero-order valence-corrected chi connectivity index (χ0v) is 5.56. The molecule has 0 N–H and O–H groups in total. The van der Waals surface area contributed by atoms with E-state index in [2.05, 4.69) is 19.0 Å². The molecule has 1 fully saturated rings. The first-order valence-corrected chi connectivity index (χ1v) is 3.47. The molecule has 0 amide bonds. The molecule has 1 aliphatic heterocycles. The first-order valence-electron chi connectivity index (χ1n) is 3.47. The lowest BCUT2D eigenvalue weighted by Crippen LogP contribution is -2.31. The standard InChI is InChI=1S/C6H13BN/c1-7-8-5-3-2-4-6-8/h2-6H2,1H3. The van der Waals surface area contributed by atoms with Crippen LogP contribution in [0.25, 0.3) is 0 Å². The van der Waals surface area contributed by atoms with Gasteiger partial charge in [-0.25, -0.2) is 0 Å². The fourth-order valence-corrected chi connectivity index (χ4v) is 1.18. The van der Waals surface area contributed by atoms with Gasteiger partial charge in [-0.05, 0) is 25.9 Å². The van der Waals surface area contributed by atoms with Crippen LogP contribution in [0.2, 0.25) is 6.82 Å². The second-order valence-electron chi connectivity index (χ2n) is 2.35. The van der Waals surface area contributed by atoms with E-state index in [0.717, 1.165) is 0 Å². The highest BCUT2D eigenvalue weighted by Crippen LogP contribution is 2.05. The molecule has 2 heteroatoms. The van der Waals surface area contributed by atoms with Crippen molar-refractivity contribution >= 4 is 7.41 Å². The van der Waals surface area contributed by atoms with Crippen LogP contribution < -0.4 is 0 Å². The van der Waals surface area contributed by atoms with E-state index in [-0.39, 0.29) is 0 Å². The predicted molar refractivity (Wildman–Crippen MR) is 37.0 cm³/mol. The average molecular weight is 110 g/mol. The van der Waals surface area contributed by atoms with Gasteiger partial charge >= 0.3 is 0 Å². The molecule has 0 aliphatic carbocycles. The third-order valence-electron chi connectivity index (χ3n) is 1.76. The minimum atomic E-state index is 1.29. The van der Waals surface area contributed by atoms with Crippen molar-refractivity contribution in [2.45, 2.75) is 26.1 Å². The molecular formula is C6H13BN. The molecule has 1 rings (SSSR count). The number of hydrogen-bond donors (Lipinski definition) is 0. The molecule has 1 heterocycles. The average Bonchev–Trinajstić information content (AvgIpc) is 1.90. The SMILES string of the molecule is C[B]N1CCCCC1. The summed E-state index contributed by atoms with van der Waals surface area (Å²) < 4.78 is 0. The molecule has 0 aromatic rings. The Morgan fingerprint density at radius 2 is 1.75 bits per heavy atom. The summed E-state index contributed by atoms with van der Waals surface area (Å²) in [6, 6.07) is 0. The Morgan fingerprint density at radius 3 is 2.12 bits per heavy atom. The van der Waals surface area contributed by atoms with Crippen molar-refractivity contribution in [1.82, 2.24) is 4.81 Å². The van der Waals surface area contributed by atoms with Gasteiger partial charge in [-0.1, -0.05) is 13.2 Å². The lowest BCUT2D eigenvalue weighted by atomic mass is 9.92. The van der Waals surface area contributed by atoms with Crippen LogP contribution >= 0.6 is 0 Å². The quantitative estimate of drug-likeness (QED) is 0.457. The van der Waals surface area contributed by atoms with Gasteiger partial charge in [0.15, 0.2) is 0 Å². The number of hydrogen-bond acceptors (Lipinski definition) is 1. The maximum absolute atomic E-state index is 2.39. The van der Waals surface area contributed by atoms with Crippen LogP contribution in [0.1, 0.15) is 19.3 Å². The summed E-state index contributed by atoms with van der Waals surface area (Å²) in [5, 5.41) is 0. The molecule has 0 unspecified atom stereocenters. The lowest BCUT2D eigenvalue weighted by Gasteiger charge is -2.24. The van der Waals surface area contributed by atoms with Crippen LogP contribution in [0.3, 0.4) is 0 Å². The lowest BCUT2D eigenvalue weighted by molar-refractivity contribution is 0.361. The van der Waals surface area contributed by atoms with Gasteiger partial charge in [-0.15, -0.1) is 0 Å². The van der Waals surface area contributed by atoms with E-state index in [4.69, 9.17) is 0 Å². The molecule has 8 heavy (non-hydrogen) atoms. The first-order chi connectivity index (χ1) is 3.93. The summed E-state index contributed by atoms with van der Waals surface area (Å²) in [5.41, 5.74) is 0. The Bertz CT molecular complexity index is 59.5. The largest absolute Gasteiger partial charge is 0.347 e. The van der Waals surface area contributed by atoms with Crippen LogP contribution in [0, 0.1) is 0 Å². The second kappa shape index (κ2) is 3.13. The fourth-order valence-electron chi connectivity index (χ4n) is 1.18. The number of rotatable bonds is 1. The number of piperidine rings is 1. The van der Waals surface area contributed by atoms with E-state index in [1.165, 1.54) is 32.4 Å². The molecular weight excluding hydrogens is 96.9 g/mol. The molecule has 0 bridgehead atoms. The molecule has 0 aromatic heterocycles. The van der Waals surface area contributed by atoms with Crippen molar-refractivity contribution in [2.75, 3.05) is 13.1 Å². The topological polar surface area (TPSA) is 3.24 Å². The first kappa shape index (κ1) is 6.15. The molecule has 0 atom stereocenters. The van der Waals surface area contributed by atoms with E-state index in [1.807, 2.05) is 0 Å². The van der Waals surface area contributed by atoms with E-state index in [1.54, 1.807) is 0 Å². The molecule has 0 saturated carbocycles. The van der Waals surface area contributed by atoms with Gasteiger partial charge in [-0.3, -0.25) is 0 Å². The monoisotopic (exact) mass is 110 g/mol. The Kier molecular flexibility index (Phi) is 2.41. The summed E-state index contributed by atoms with van der Waals surface area (Å²) in [4.78, 5) is 2.39. The van der Waals surface area contributed by atoms with Crippen LogP contribution in [0.15, 0.2) is 0 Å². The van der Waals surface area contributed by atoms with Crippen molar-refractivity contribution in [2.24, 2.45) is 0 Å². The maximum Gasteiger partial charge on any atom is 0.205 e. The van der Waals surface area contributed by atoms with Crippen LogP contribution in [0.5, 0.6) is 0 Å². The Hall–Kier alpha value is 0.0249. The smallest absolute Gasteiger partial charge is 0.205 e. The van der Waals surface area contributed by atoms with E-state index < -0.39 is 0 Å². The van der Waals surface area contributed by atoms with Crippen LogP contribution in [0.4, 0.5) is 0 Å². The molecule has 1 nitrogen and oxygen atoms in total. The highest BCUT2D eigenvalue weighted by atomic mass is 15.0. The van der Waals surface area contributed by atoms with Gasteiger partial charge in [0, 0.05) is 0 Å². The summed E-state index contributed by atoms with van der Waals surface area (Å²) in [7, 11) is 2.19. The summed E-state index contributed by atoms with van der Waals surface area (Å²) in [6.07, 6.45) is 4.22. The van der Waals surface area contributed by atoms with Crippen molar-refractivity contribution in [3.05, 3.63) is 0 Å². The Balaban J connectivity index is 2.13. The van der Waals surface area contributed by atoms with Crippen LogP contribution in [-0.4, -0.2) is 25.3 Å². The summed E-state index contributed by atoms with van der Waals surface area (Å²) in [5.74, 6) is 0. The predicted octanol–water partition coefficient (Wildman–Crippen LogP) is 1.14. The number of nitrogens with zero attached hydrogens (tertiary/aromatic N) is 1. The van der Waals surface area contributed by atoms with Gasteiger partial charge in [0.05, 0.1) is 0 Å². The normalized spacial score (nSPS) is 23.1. The van der Waals surface area contributed by atoms with Crippen LogP contribution in [-0.2, 0) is 0 Å². The third-order valence-corrected chi connectivity index (χ3v) is 1.76. The van der Waals surface area contributed by atoms with Gasteiger partial charge < -0.3 is 4.81 Å². The minimum absolute atomic E-state index is 1.29. The molecule has 0 spiro atoms. The van der Waals surface area contributed by atoms with Crippen molar-refractivity contribution in [1.29, 1.82) is 0 Å². The van der Waals surface area contributed by atoms with Gasteiger partial charge in [0.1, 0.15) is 0 Å². The van der Waals surface area contributed by atoms with Crippen molar-refractivity contribution in [3.63, 3.8) is 0 Å². The molecule has 1 saturated heterocycles. The summed E-state index contributed by atoms with van der Waals surface area (Å²) >= 11 is 0. The minimum Gasteiger partial charge on any atom is -0.347 e. The Labute approximate surface area is 52.3 Å². The zero-order valence-electron chi connectivity index (χ0n) is 5.56. The van der Waals surface area contributed by atoms with Gasteiger partial charge in [0.25, 0.3) is 0 Å². The molecule has 1 aliphatic rings. The fraction of sp³-hybridized carbons (Fsp3) is 1.00. The van der Waals surface area contributed by atoms with Gasteiger partial charge in [-0.2, -0.15) is 0 Å². The Morgan fingerprint density at radius 1 is 1.12 bits per heavy atom. The van der Waals surface area contributed by atoms with E-state index in [0.29, 0.717) is 0 Å². The highest BCUT2D eigenvalue weighted by Gasteiger charge is 2.06. The maximum atomic E-state index is 2.39.